The Hall–Kier alpha value is -0.570. The molecule has 1 atom stereocenters. The lowest BCUT2D eigenvalue weighted by Crippen LogP contribution is -2.38. The number of carbonyl (C=O) groups is 1. The number of carboxylic acid groups (broad SMARTS) is 1. The summed E-state index contributed by atoms with van der Waals surface area (Å²) >= 11 is 0. The lowest BCUT2D eigenvalue weighted by molar-refractivity contribution is -0.143. The summed E-state index contributed by atoms with van der Waals surface area (Å²) in [5.41, 5.74) is 0. The van der Waals surface area contributed by atoms with Crippen LogP contribution in [0.25, 0.3) is 0 Å². The van der Waals surface area contributed by atoms with E-state index in [4.69, 9.17) is 5.11 Å². The van der Waals surface area contributed by atoms with Crippen LogP contribution in [-0.2, 0) is 4.79 Å². The lowest BCUT2D eigenvalue weighted by atomic mass is 9.96. The van der Waals surface area contributed by atoms with E-state index < -0.39 is 5.97 Å². The maximum Gasteiger partial charge on any atom is 0.306 e. The van der Waals surface area contributed by atoms with Crippen LogP contribution < -0.4 is 0 Å². The van der Waals surface area contributed by atoms with E-state index in [1.165, 1.54) is 6.42 Å². The first-order chi connectivity index (χ1) is 6.63. The Balaban J connectivity index is 2.25. The van der Waals surface area contributed by atoms with Gasteiger partial charge in [-0.3, -0.25) is 4.79 Å². The molecule has 14 heavy (non-hydrogen) atoms. The largest absolute Gasteiger partial charge is 0.481 e. The van der Waals surface area contributed by atoms with Crippen molar-refractivity contribution in [3.05, 3.63) is 0 Å². The molecule has 0 aliphatic carbocycles. The minimum absolute atomic E-state index is 0.0943. The summed E-state index contributed by atoms with van der Waals surface area (Å²) in [4.78, 5) is 13.1. The Morgan fingerprint density at radius 1 is 1.50 bits per heavy atom. The average molecular weight is 199 g/mol. The fraction of sp³-hybridized carbons (Fsp3) is 0.909. The maximum atomic E-state index is 10.7. The van der Waals surface area contributed by atoms with E-state index in [-0.39, 0.29) is 5.92 Å². The molecule has 0 aromatic carbocycles. The van der Waals surface area contributed by atoms with Crippen LogP contribution in [0.4, 0.5) is 0 Å². The first-order valence-corrected chi connectivity index (χ1v) is 5.58. The first kappa shape index (κ1) is 11.5. The first-order valence-electron chi connectivity index (χ1n) is 5.58. The molecule has 0 saturated carbocycles. The summed E-state index contributed by atoms with van der Waals surface area (Å²) in [5.74, 6) is 0.0211. The van der Waals surface area contributed by atoms with Crippen LogP contribution in [0.5, 0.6) is 0 Å². The molecule has 0 aromatic heterocycles. The van der Waals surface area contributed by atoms with E-state index in [1.54, 1.807) is 0 Å². The van der Waals surface area contributed by atoms with Gasteiger partial charge >= 0.3 is 5.97 Å². The predicted octanol–water partition coefficient (Wildman–Crippen LogP) is 1.83. The van der Waals surface area contributed by atoms with Gasteiger partial charge in [-0.1, -0.05) is 20.3 Å². The van der Waals surface area contributed by atoms with E-state index in [9.17, 15) is 4.79 Å². The Morgan fingerprint density at radius 3 is 2.50 bits per heavy atom. The normalized spacial score (nSPS) is 22.1. The zero-order chi connectivity index (χ0) is 10.6. The molecule has 1 aliphatic heterocycles. The van der Waals surface area contributed by atoms with Gasteiger partial charge in [-0.15, -0.1) is 0 Å². The van der Waals surface area contributed by atoms with Gasteiger partial charge in [0.05, 0.1) is 5.92 Å². The fourth-order valence-corrected chi connectivity index (χ4v) is 1.93. The summed E-state index contributed by atoms with van der Waals surface area (Å²) in [6.45, 7) is 7.50. The Bertz CT molecular complexity index is 186. The Kier molecular flexibility index (Phi) is 4.39. The number of hydrogen-bond acceptors (Lipinski definition) is 2. The van der Waals surface area contributed by atoms with Crippen molar-refractivity contribution >= 4 is 5.97 Å². The zero-order valence-electron chi connectivity index (χ0n) is 9.20. The number of nitrogens with zero attached hydrogens (tertiary/aromatic N) is 1. The Morgan fingerprint density at radius 2 is 2.07 bits per heavy atom. The number of rotatable bonds is 4. The van der Waals surface area contributed by atoms with Gasteiger partial charge < -0.3 is 10.0 Å². The van der Waals surface area contributed by atoms with Crippen molar-refractivity contribution in [2.24, 2.45) is 11.8 Å². The van der Waals surface area contributed by atoms with Crippen LogP contribution in [0.2, 0.25) is 0 Å². The molecule has 82 valence electrons. The van der Waals surface area contributed by atoms with E-state index in [2.05, 4.69) is 18.7 Å². The molecule has 0 bridgehead atoms. The molecular weight excluding hydrogens is 178 g/mol. The number of piperidine rings is 1. The molecule has 1 heterocycles. The third kappa shape index (κ3) is 3.29. The molecule has 1 rings (SSSR count). The molecule has 1 aliphatic rings. The van der Waals surface area contributed by atoms with Gasteiger partial charge in [0.25, 0.3) is 0 Å². The maximum absolute atomic E-state index is 10.7. The smallest absolute Gasteiger partial charge is 0.306 e. The molecule has 0 amide bonds. The van der Waals surface area contributed by atoms with Crippen molar-refractivity contribution in [1.29, 1.82) is 0 Å². The van der Waals surface area contributed by atoms with Crippen LogP contribution in [0, 0.1) is 11.8 Å². The second-order valence-electron chi connectivity index (χ2n) is 4.43. The zero-order valence-corrected chi connectivity index (χ0v) is 9.20. The second-order valence-corrected chi connectivity index (χ2v) is 4.43. The number of hydrogen-bond donors (Lipinski definition) is 1. The highest BCUT2D eigenvalue weighted by Crippen LogP contribution is 2.18. The van der Waals surface area contributed by atoms with Crippen LogP contribution in [0.1, 0.15) is 33.1 Å². The molecule has 3 nitrogen and oxygen atoms in total. The minimum Gasteiger partial charge on any atom is -0.481 e. The van der Waals surface area contributed by atoms with E-state index in [0.29, 0.717) is 0 Å². The molecule has 0 aromatic rings. The van der Waals surface area contributed by atoms with Gasteiger partial charge in [-0.2, -0.15) is 0 Å². The molecule has 1 N–H and O–H groups in total. The second kappa shape index (κ2) is 5.35. The van der Waals surface area contributed by atoms with Gasteiger partial charge in [-0.05, 0) is 31.8 Å². The van der Waals surface area contributed by atoms with Gasteiger partial charge in [0, 0.05) is 6.54 Å². The van der Waals surface area contributed by atoms with Gasteiger partial charge in [0.1, 0.15) is 0 Å². The third-order valence-electron chi connectivity index (χ3n) is 3.20. The van der Waals surface area contributed by atoms with Crippen molar-refractivity contribution in [1.82, 2.24) is 4.90 Å². The fourth-order valence-electron chi connectivity index (χ4n) is 1.93. The van der Waals surface area contributed by atoms with Crippen molar-refractivity contribution in [2.45, 2.75) is 33.1 Å². The quantitative estimate of drug-likeness (QED) is 0.751. The molecule has 0 radical (unpaired) electrons. The topological polar surface area (TPSA) is 40.5 Å². The van der Waals surface area contributed by atoms with Gasteiger partial charge in [-0.25, -0.2) is 0 Å². The molecular formula is C11H21NO2. The molecule has 1 fully saturated rings. The summed E-state index contributed by atoms with van der Waals surface area (Å²) in [6, 6.07) is 0. The van der Waals surface area contributed by atoms with Crippen LogP contribution in [0.3, 0.4) is 0 Å². The highest BCUT2D eigenvalue weighted by atomic mass is 16.4. The summed E-state index contributed by atoms with van der Waals surface area (Å²) < 4.78 is 0. The summed E-state index contributed by atoms with van der Waals surface area (Å²) in [6.07, 6.45) is 2.86. The van der Waals surface area contributed by atoms with Crippen molar-refractivity contribution in [3.63, 3.8) is 0 Å². The monoisotopic (exact) mass is 199 g/mol. The van der Waals surface area contributed by atoms with Crippen LogP contribution in [-0.4, -0.2) is 35.6 Å². The predicted molar refractivity (Wildman–Crippen MR) is 56.3 cm³/mol. The molecule has 1 unspecified atom stereocenters. The van der Waals surface area contributed by atoms with Crippen LogP contribution >= 0.6 is 0 Å². The number of likely N-dealkylation sites (tertiary alicyclic amines) is 1. The van der Waals surface area contributed by atoms with E-state index in [0.717, 1.165) is 38.4 Å². The lowest BCUT2D eigenvalue weighted by Gasteiger charge is -2.31. The Labute approximate surface area is 86.1 Å². The number of aliphatic carboxylic acids is 1. The van der Waals surface area contributed by atoms with Gasteiger partial charge in [0.2, 0.25) is 0 Å². The molecule has 1 saturated heterocycles. The third-order valence-corrected chi connectivity index (χ3v) is 3.20. The molecule has 0 spiro atoms. The average Bonchev–Trinajstić information content (AvgIpc) is 2.18. The standard InChI is InChI=1S/C11H21NO2/c1-3-9(2)8-12-6-4-10(5-7-12)11(13)14/h9-10H,3-8H2,1-2H3,(H,13,14). The van der Waals surface area contributed by atoms with Crippen molar-refractivity contribution < 1.29 is 9.90 Å². The number of carboxylic acids is 1. The van der Waals surface area contributed by atoms with E-state index >= 15 is 0 Å². The van der Waals surface area contributed by atoms with Crippen molar-refractivity contribution in [3.8, 4) is 0 Å². The summed E-state index contributed by atoms with van der Waals surface area (Å²) in [5, 5.41) is 8.83. The minimum atomic E-state index is -0.617. The highest BCUT2D eigenvalue weighted by Gasteiger charge is 2.24. The molecule has 3 heteroatoms. The highest BCUT2D eigenvalue weighted by molar-refractivity contribution is 5.70. The van der Waals surface area contributed by atoms with Crippen LogP contribution in [0.15, 0.2) is 0 Å². The van der Waals surface area contributed by atoms with Gasteiger partial charge in [0.15, 0.2) is 0 Å². The SMILES string of the molecule is CCC(C)CN1CCC(C(=O)O)CC1. The summed E-state index contributed by atoms with van der Waals surface area (Å²) in [7, 11) is 0. The van der Waals surface area contributed by atoms with Crippen molar-refractivity contribution in [2.75, 3.05) is 19.6 Å². The van der Waals surface area contributed by atoms with E-state index in [1.807, 2.05) is 0 Å².